The Bertz CT molecular complexity index is 507. The summed E-state index contributed by atoms with van der Waals surface area (Å²) in [6, 6.07) is 3.59. The maximum atomic E-state index is 9.94. The normalized spacial score (nSPS) is 13.0. The van der Waals surface area contributed by atoms with Crippen molar-refractivity contribution in [1.29, 1.82) is 0 Å². The van der Waals surface area contributed by atoms with Crippen LogP contribution in [-0.4, -0.2) is 19.7 Å². The van der Waals surface area contributed by atoms with Crippen molar-refractivity contribution < 1.29 is 5.11 Å². The molecular formula is C14H21N3O. The first-order valence-corrected chi connectivity index (χ1v) is 6.79. The van der Waals surface area contributed by atoms with Crippen molar-refractivity contribution in [2.24, 2.45) is 0 Å². The molecule has 0 saturated heterocycles. The predicted molar refractivity (Wildman–Crippen MR) is 71.8 cm³/mol. The molecular weight excluding hydrogens is 226 g/mol. The Balaban J connectivity index is 2.30. The van der Waals surface area contributed by atoms with Crippen LogP contribution in [0.4, 0.5) is 0 Å². The van der Waals surface area contributed by atoms with Gasteiger partial charge in [0, 0.05) is 18.1 Å². The first-order valence-electron chi connectivity index (χ1n) is 6.79. The molecule has 1 N–H and O–H groups in total. The van der Waals surface area contributed by atoms with Crippen LogP contribution < -0.4 is 0 Å². The number of rotatable bonds is 6. The van der Waals surface area contributed by atoms with E-state index in [0.29, 0.717) is 5.92 Å². The lowest BCUT2D eigenvalue weighted by Gasteiger charge is -2.15. The minimum Gasteiger partial charge on any atom is -0.493 e. The van der Waals surface area contributed by atoms with Gasteiger partial charge in [-0.25, -0.2) is 4.98 Å². The second-order valence-electron chi connectivity index (χ2n) is 4.77. The first kappa shape index (κ1) is 12.9. The fraction of sp³-hybridized carbons (Fsp3) is 0.571. The largest absolute Gasteiger partial charge is 0.493 e. The van der Waals surface area contributed by atoms with E-state index in [1.165, 1.54) is 17.4 Å². The smallest absolute Gasteiger partial charge is 0.215 e. The molecule has 2 aromatic rings. The summed E-state index contributed by atoms with van der Waals surface area (Å²) in [5, 5.41) is 14.0. The van der Waals surface area contributed by atoms with Gasteiger partial charge in [0.1, 0.15) is 0 Å². The Morgan fingerprint density at radius 2 is 2.11 bits per heavy atom. The van der Waals surface area contributed by atoms with Crippen LogP contribution in [0, 0.1) is 0 Å². The third-order valence-corrected chi connectivity index (χ3v) is 3.32. The summed E-state index contributed by atoms with van der Waals surface area (Å²) in [4.78, 5) is 4.61. The minimum absolute atomic E-state index is 0.178. The van der Waals surface area contributed by atoms with Gasteiger partial charge >= 0.3 is 0 Å². The van der Waals surface area contributed by atoms with Crippen LogP contribution in [0.15, 0.2) is 18.3 Å². The van der Waals surface area contributed by atoms with Crippen LogP contribution in [0.1, 0.15) is 57.6 Å². The topological polar surface area (TPSA) is 50.4 Å². The van der Waals surface area contributed by atoms with E-state index in [2.05, 4.69) is 23.9 Å². The number of aromatic hydroxyl groups is 1. The van der Waals surface area contributed by atoms with Gasteiger partial charge < -0.3 is 5.11 Å². The number of unbranched alkanes of at least 4 members (excludes halogenated alkanes) is 1. The van der Waals surface area contributed by atoms with Crippen molar-refractivity contribution in [1.82, 2.24) is 14.6 Å². The van der Waals surface area contributed by atoms with Crippen LogP contribution in [0.2, 0.25) is 0 Å². The molecule has 98 valence electrons. The average Bonchev–Trinajstić information content (AvgIpc) is 2.83. The van der Waals surface area contributed by atoms with Gasteiger partial charge in [-0.3, -0.25) is 0 Å². The highest BCUT2D eigenvalue weighted by Gasteiger charge is 2.14. The van der Waals surface area contributed by atoms with Crippen molar-refractivity contribution in [3.05, 3.63) is 24.0 Å². The minimum atomic E-state index is 0.178. The Morgan fingerprint density at radius 1 is 1.28 bits per heavy atom. The highest BCUT2D eigenvalue weighted by Crippen LogP contribution is 2.28. The summed E-state index contributed by atoms with van der Waals surface area (Å²) < 4.78 is 1.46. The second kappa shape index (κ2) is 5.85. The maximum Gasteiger partial charge on any atom is 0.215 e. The number of nitrogens with zero attached hydrogens (tertiary/aromatic N) is 3. The van der Waals surface area contributed by atoms with Crippen molar-refractivity contribution >= 4 is 5.65 Å². The summed E-state index contributed by atoms with van der Waals surface area (Å²) in [6.07, 6.45) is 7.46. The molecule has 2 rings (SSSR count). The summed E-state index contributed by atoms with van der Waals surface area (Å²) in [5.41, 5.74) is 1.72. The summed E-state index contributed by atoms with van der Waals surface area (Å²) in [6.45, 7) is 4.39. The Hall–Kier alpha value is -1.58. The Kier molecular flexibility index (Phi) is 4.18. The fourth-order valence-electron chi connectivity index (χ4n) is 2.36. The third kappa shape index (κ3) is 2.63. The van der Waals surface area contributed by atoms with Crippen LogP contribution in [0.3, 0.4) is 0 Å². The zero-order valence-corrected chi connectivity index (χ0v) is 11.1. The molecule has 0 radical (unpaired) electrons. The monoisotopic (exact) mass is 247 g/mol. The van der Waals surface area contributed by atoms with Gasteiger partial charge in [0.2, 0.25) is 5.88 Å². The van der Waals surface area contributed by atoms with E-state index in [1.54, 1.807) is 12.3 Å². The molecule has 1 atom stereocenters. The molecule has 18 heavy (non-hydrogen) atoms. The number of hydrogen-bond acceptors (Lipinski definition) is 3. The Labute approximate surface area is 108 Å². The van der Waals surface area contributed by atoms with E-state index in [1.807, 2.05) is 6.07 Å². The van der Waals surface area contributed by atoms with Gasteiger partial charge in [0.15, 0.2) is 5.65 Å². The molecule has 2 aromatic heterocycles. The van der Waals surface area contributed by atoms with Gasteiger partial charge in [0.25, 0.3) is 0 Å². The quantitative estimate of drug-likeness (QED) is 0.849. The summed E-state index contributed by atoms with van der Waals surface area (Å²) in [5.74, 6) is 0.623. The molecule has 0 aliphatic rings. The molecule has 0 fully saturated rings. The van der Waals surface area contributed by atoms with Gasteiger partial charge in [-0.2, -0.15) is 9.61 Å². The van der Waals surface area contributed by atoms with Gasteiger partial charge in [0.05, 0.1) is 11.9 Å². The maximum absolute atomic E-state index is 9.94. The summed E-state index contributed by atoms with van der Waals surface area (Å²) >= 11 is 0. The zero-order valence-electron chi connectivity index (χ0n) is 11.1. The molecule has 4 heteroatoms. The standard InChI is InChI=1S/C14H21N3O/c1-3-5-7-11(6-4-2)12-10-14(18)17-13(16-12)8-9-15-17/h8-11,18H,3-7H2,1-2H3. The van der Waals surface area contributed by atoms with Crippen LogP contribution in [0.25, 0.3) is 5.65 Å². The van der Waals surface area contributed by atoms with Crippen molar-refractivity contribution in [2.45, 2.75) is 51.9 Å². The van der Waals surface area contributed by atoms with Crippen molar-refractivity contribution in [3.8, 4) is 5.88 Å². The lowest BCUT2D eigenvalue weighted by Crippen LogP contribution is -2.04. The lowest BCUT2D eigenvalue weighted by atomic mass is 9.93. The Morgan fingerprint density at radius 3 is 2.83 bits per heavy atom. The highest BCUT2D eigenvalue weighted by atomic mass is 16.3. The molecule has 0 spiro atoms. The van der Waals surface area contributed by atoms with Crippen LogP contribution in [-0.2, 0) is 0 Å². The van der Waals surface area contributed by atoms with E-state index >= 15 is 0 Å². The SMILES string of the molecule is CCCCC(CCC)c1cc(O)n2nccc2n1. The molecule has 0 aliphatic carbocycles. The number of fused-ring (bicyclic) bond motifs is 1. The third-order valence-electron chi connectivity index (χ3n) is 3.32. The average molecular weight is 247 g/mol. The van der Waals surface area contributed by atoms with E-state index in [-0.39, 0.29) is 5.88 Å². The predicted octanol–water partition coefficient (Wildman–Crippen LogP) is 3.51. The van der Waals surface area contributed by atoms with Gasteiger partial charge in [-0.05, 0) is 12.8 Å². The molecule has 0 bridgehead atoms. The molecule has 0 saturated carbocycles. The van der Waals surface area contributed by atoms with E-state index in [0.717, 1.165) is 30.6 Å². The van der Waals surface area contributed by atoms with Gasteiger partial charge in [-0.1, -0.05) is 33.1 Å². The molecule has 0 amide bonds. The lowest BCUT2D eigenvalue weighted by molar-refractivity contribution is 0.430. The van der Waals surface area contributed by atoms with E-state index < -0.39 is 0 Å². The number of hydrogen-bond donors (Lipinski definition) is 1. The second-order valence-corrected chi connectivity index (χ2v) is 4.77. The highest BCUT2D eigenvalue weighted by molar-refractivity contribution is 5.41. The van der Waals surface area contributed by atoms with E-state index in [9.17, 15) is 5.11 Å². The molecule has 4 nitrogen and oxygen atoms in total. The van der Waals surface area contributed by atoms with Crippen LogP contribution in [0.5, 0.6) is 5.88 Å². The van der Waals surface area contributed by atoms with Crippen molar-refractivity contribution in [3.63, 3.8) is 0 Å². The molecule has 0 aromatic carbocycles. The fourth-order valence-corrected chi connectivity index (χ4v) is 2.36. The van der Waals surface area contributed by atoms with Crippen LogP contribution >= 0.6 is 0 Å². The molecule has 0 aliphatic heterocycles. The molecule has 2 heterocycles. The summed E-state index contributed by atoms with van der Waals surface area (Å²) in [7, 11) is 0. The van der Waals surface area contributed by atoms with E-state index in [4.69, 9.17) is 0 Å². The molecule has 1 unspecified atom stereocenters. The van der Waals surface area contributed by atoms with Crippen molar-refractivity contribution in [2.75, 3.05) is 0 Å². The number of aromatic nitrogens is 3. The first-order chi connectivity index (χ1) is 8.76. The van der Waals surface area contributed by atoms with Gasteiger partial charge in [-0.15, -0.1) is 0 Å². The zero-order chi connectivity index (χ0) is 13.0.